The Balaban J connectivity index is 3.37. The number of unbranched alkanes of at least 4 members (excludes halogenated alkanes) is 53. The van der Waals surface area contributed by atoms with E-state index in [1.165, 1.54) is 321 Å². The summed E-state index contributed by atoms with van der Waals surface area (Å²) in [6.07, 6.45) is 81.0. The molecule has 0 bridgehead atoms. The van der Waals surface area contributed by atoms with Crippen LogP contribution in [-0.4, -0.2) is 47.4 Å². The van der Waals surface area contributed by atoms with Gasteiger partial charge in [0.2, 0.25) is 5.91 Å². The van der Waals surface area contributed by atoms with E-state index in [0.717, 1.165) is 44.9 Å². The van der Waals surface area contributed by atoms with Crippen molar-refractivity contribution in [3.63, 3.8) is 0 Å². The SMILES string of the molecule is CCCCCCCCC/C=C\CCCCCCCCCC(=O)OCCCCCCCCCCCCCCCCCCCCCCCC(=O)NC(CO)C(O)CCCCCCCCCCCCCCCCCCCCCC. The maximum atomic E-state index is 12.5. The third-order valence-corrected chi connectivity index (χ3v) is 16.6. The van der Waals surface area contributed by atoms with Gasteiger partial charge in [-0.2, -0.15) is 0 Å². The highest BCUT2D eigenvalue weighted by atomic mass is 16.5. The smallest absolute Gasteiger partial charge is 0.305 e. The van der Waals surface area contributed by atoms with Crippen LogP contribution in [0.5, 0.6) is 0 Å². The van der Waals surface area contributed by atoms with Crippen LogP contribution in [0.2, 0.25) is 0 Å². The zero-order valence-corrected chi connectivity index (χ0v) is 51.8. The van der Waals surface area contributed by atoms with E-state index in [1.54, 1.807) is 0 Å². The third kappa shape index (κ3) is 61.8. The molecule has 0 radical (unpaired) electrons. The van der Waals surface area contributed by atoms with Gasteiger partial charge < -0.3 is 20.3 Å². The summed E-state index contributed by atoms with van der Waals surface area (Å²) in [5, 5.41) is 23.4. The molecule has 0 fully saturated rings. The quantitative estimate of drug-likeness (QED) is 0.0320. The van der Waals surface area contributed by atoms with Gasteiger partial charge in [-0.15, -0.1) is 0 Å². The zero-order chi connectivity index (χ0) is 55.0. The lowest BCUT2D eigenvalue weighted by molar-refractivity contribution is -0.143. The summed E-state index contributed by atoms with van der Waals surface area (Å²) in [5.41, 5.74) is 0. The summed E-state index contributed by atoms with van der Waals surface area (Å²) in [7, 11) is 0. The maximum Gasteiger partial charge on any atom is 0.305 e. The molecule has 0 aromatic carbocycles. The molecule has 6 nitrogen and oxygen atoms in total. The number of carbonyl (C=O) groups excluding carboxylic acids is 2. The highest BCUT2D eigenvalue weighted by molar-refractivity contribution is 5.76. The van der Waals surface area contributed by atoms with Crippen LogP contribution in [0.4, 0.5) is 0 Å². The Morgan fingerprint density at radius 1 is 0.355 bits per heavy atom. The lowest BCUT2D eigenvalue weighted by Crippen LogP contribution is -2.45. The molecule has 0 aromatic rings. The first-order valence-corrected chi connectivity index (χ1v) is 34.9. The molecule has 2 unspecified atom stereocenters. The number of aliphatic hydroxyl groups excluding tert-OH is 2. The van der Waals surface area contributed by atoms with Crippen LogP contribution in [0.15, 0.2) is 12.2 Å². The van der Waals surface area contributed by atoms with E-state index in [2.05, 4.69) is 31.3 Å². The van der Waals surface area contributed by atoms with Gasteiger partial charge in [-0.3, -0.25) is 9.59 Å². The Bertz CT molecular complexity index is 1140. The molecule has 0 saturated carbocycles. The number of carbonyl (C=O) groups is 2. The third-order valence-electron chi connectivity index (χ3n) is 16.6. The van der Waals surface area contributed by atoms with E-state index in [1.807, 2.05) is 0 Å². The number of hydrogen-bond donors (Lipinski definition) is 3. The van der Waals surface area contributed by atoms with Crippen molar-refractivity contribution in [2.75, 3.05) is 13.2 Å². The van der Waals surface area contributed by atoms with Crippen molar-refractivity contribution >= 4 is 11.9 Å². The highest BCUT2D eigenvalue weighted by Crippen LogP contribution is 2.19. The number of esters is 1. The molecule has 76 heavy (non-hydrogen) atoms. The Morgan fingerprint density at radius 3 is 0.934 bits per heavy atom. The fourth-order valence-corrected chi connectivity index (χ4v) is 11.2. The Morgan fingerprint density at radius 2 is 0.618 bits per heavy atom. The van der Waals surface area contributed by atoms with Crippen molar-refractivity contribution in [3.05, 3.63) is 12.2 Å². The first kappa shape index (κ1) is 74.6. The average Bonchev–Trinajstić information content (AvgIpc) is 3.42. The summed E-state index contributed by atoms with van der Waals surface area (Å²) >= 11 is 0. The summed E-state index contributed by atoms with van der Waals surface area (Å²) in [4.78, 5) is 24.6. The average molecular weight is 1070 g/mol. The molecule has 0 aliphatic heterocycles. The first-order chi connectivity index (χ1) is 37.5. The van der Waals surface area contributed by atoms with Crippen molar-refractivity contribution in [3.8, 4) is 0 Å². The van der Waals surface area contributed by atoms with Gasteiger partial charge in [-0.25, -0.2) is 0 Å². The molecule has 0 aliphatic rings. The van der Waals surface area contributed by atoms with Crippen molar-refractivity contribution in [1.82, 2.24) is 5.32 Å². The van der Waals surface area contributed by atoms with Gasteiger partial charge in [0.25, 0.3) is 0 Å². The second kappa shape index (κ2) is 66.1. The Labute approximate surface area is 476 Å². The molecular formula is C70H137NO5. The monoisotopic (exact) mass is 1070 g/mol. The maximum absolute atomic E-state index is 12.5. The molecule has 0 spiro atoms. The van der Waals surface area contributed by atoms with E-state index in [0.29, 0.717) is 25.9 Å². The van der Waals surface area contributed by atoms with Crippen molar-refractivity contribution in [2.24, 2.45) is 0 Å². The molecule has 3 N–H and O–H groups in total. The molecule has 0 heterocycles. The first-order valence-electron chi connectivity index (χ1n) is 34.9. The number of nitrogens with one attached hydrogen (secondary N) is 1. The van der Waals surface area contributed by atoms with E-state index in [9.17, 15) is 19.8 Å². The summed E-state index contributed by atoms with van der Waals surface area (Å²) in [6, 6.07) is -0.543. The van der Waals surface area contributed by atoms with Crippen LogP contribution in [0.3, 0.4) is 0 Å². The molecule has 452 valence electrons. The lowest BCUT2D eigenvalue weighted by atomic mass is 10.0. The highest BCUT2D eigenvalue weighted by Gasteiger charge is 2.20. The number of aliphatic hydroxyl groups is 2. The summed E-state index contributed by atoms with van der Waals surface area (Å²) in [5.74, 6) is -0.0209. The van der Waals surface area contributed by atoms with Gasteiger partial charge in [0.1, 0.15) is 0 Å². The van der Waals surface area contributed by atoms with Gasteiger partial charge in [-0.05, 0) is 51.4 Å². The molecule has 1 amide bonds. The Kier molecular flexibility index (Phi) is 64.9. The fourth-order valence-electron chi connectivity index (χ4n) is 11.2. The fraction of sp³-hybridized carbons (Fsp3) is 0.943. The van der Waals surface area contributed by atoms with Crippen LogP contribution in [0, 0.1) is 0 Å². The van der Waals surface area contributed by atoms with Gasteiger partial charge in [0.05, 0.1) is 25.4 Å². The van der Waals surface area contributed by atoms with Gasteiger partial charge in [-0.1, -0.05) is 347 Å². The van der Waals surface area contributed by atoms with E-state index < -0.39 is 12.1 Å². The minimum absolute atomic E-state index is 0.0104. The normalized spacial score (nSPS) is 12.5. The van der Waals surface area contributed by atoms with Crippen molar-refractivity contribution in [1.29, 1.82) is 0 Å². The molecular weight excluding hydrogens is 935 g/mol. The van der Waals surface area contributed by atoms with Gasteiger partial charge in [0.15, 0.2) is 0 Å². The van der Waals surface area contributed by atoms with Crippen molar-refractivity contribution < 1.29 is 24.5 Å². The standard InChI is InChI=1S/C70H137NO5/c1-3-5-7-9-11-13-15-17-19-21-23-27-30-34-38-42-46-50-54-58-62-68(73)67(66-72)71-69(74)63-59-55-51-47-43-39-35-31-28-25-24-26-29-33-37-41-45-49-53-57-61-65-76-70(75)64-60-56-52-48-44-40-36-32-22-20-18-16-14-12-10-8-6-4-2/h20,22,67-68,72-73H,3-19,21,23-66H2,1-2H3,(H,71,74)/b22-20-. The minimum atomic E-state index is -0.665. The number of rotatable bonds is 66. The van der Waals surface area contributed by atoms with Crippen molar-refractivity contribution in [2.45, 2.75) is 411 Å². The number of hydrogen-bond acceptors (Lipinski definition) is 5. The zero-order valence-electron chi connectivity index (χ0n) is 51.8. The molecule has 2 atom stereocenters. The molecule has 6 heteroatoms. The predicted octanol–water partition coefficient (Wildman–Crippen LogP) is 22.4. The second-order valence-corrected chi connectivity index (χ2v) is 24.2. The molecule has 0 saturated heterocycles. The molecule has 0 rings (SSSR count). The number of allylic oxidation sites excluding steroid dienone is 2. The van der Waals surface area contributed by atoms with Crippen LogP contribution in [0.1, 0.15) is 399 Å². The number of amides is 1. The van der Waals surface area contributed by atoms with E-state index in [4.69, 9.17) is 4.74 Å². The number of ether oxygens (including phenoxy) is 1. The van der Waals surface area contributed by atoms with E-state index >= 15 is 0 Å². The van der Waals surface area contributed by atoms with Crippen LogP contribution in [-0.2, 0) is 14.3 Å². The van der Waals surface area contributed by atoms with Crippen LogP contribution < -0.4 is 5.32 Å². The van der Waals surface area contributed by atoms with E-state index in [-0.39, 0.29) is 18.5 Å². The minimum Gasteiger partial charge on any atom is -0.466 e. The summed E-state index contributed by atoms with van der Waals surface area (Å²) in [6.45, 7) is 4.99. The van der Waals surface area contributed by atoms with Crippen LogP contribution in [0.25, 0.3) is 0 Å². The summed E-state index contributed by atoms with van der Waals surface area (Å²) < 4.78 is 5.50. The van der Waals surface area contributed by atoms with Crippen LogP contribution >= 0.6 is 0 Å². The lowest BCUT2D eigenvalue weighted by Gasteiger charge is -2.22. The predicted molar refractivity (Wildman–Crippen MR) is 333 cm³/mol. The van der Waals surface area contributed by atoms with Gasteiger partial charge in [0, 0.05) is 12.8 Å². The topological polar surface area (TPSA) is 95.9 Å². The van der Waals surface area contributed by atoms with Gasteiger partial charge >= 0.3 is 5.97 Å². The second-order valence-electron chi connectivity index (χ2n) is 24.2. The molecule has 0 aliphatic carbocycles. The Hall–Kier alpha value is -1.40. The molecule has 0 aromatic heterocycles. The largest absolute Gasteiger partial charge is 0.466 e.